The highest BCUT2D eigenvalue weighted by Crippen LogP contribution is 2.37. The van der Waals surface area contributed by atoms with Gasteiger partial charge in [0.25, 0.3) is 0 Å². The fourth-order valence-electron chi connectivity index (χ4n) is 4.68. The van der Waals surface area contributed by atoms with Crippen LogP contribution in [0.3, 0.4) is 0 Å². The van der Waals surface area contributed by atoms with E-state index in [0.29, 0.717) is 58.1 Å². The van der Waals surface area contributed by atoms with E-state index in [-0.39, 0.29) is 40.4 Å². The van der Waals surface area contributed by atoms with E-state index in [1.807, 2.05) is 51.2 Å². The van der Waals surface area contributed by atoms with Gasteiger partial charge in [0.1, 0.15) is 0 Å². The SMILES string of the molecule is COc1ccc(C2=CN=C3/C(Nc4ccc(C(=O)CC(=N)[C@@H](C)C/C=C/C(=N)C(C)C)c(Cl)c4)=C/C/C=C\C=C\23)c(F)c1F. The molecule has 2 aromatic rings. The lowest BCUT2D eigenvalue weighted by Gasteiger charge is -2.17. The van der Waals surface area contributed by atoms with Gasteiger partial charge in [0.05, 0.1) is 23.5 Å². The summed E-state index contributed by atoms with van der Waals surface area (Å²) in [6, 6.07) is 7.85. The van der Waals surface area contributed by atoms with Crippen LogP contribution in [-0.4, -0.2) is 30.0 Å². The van der Waals surface area contributed by atoms with Gasteiger partial charge >= 0.3 is 0 Å². The molecule has 2 aliphatic rings. The summed E-state index contributed by atoms with van der Waals surface area (Å²) in [5.41, 5.74) is 4.07. The van der Waals surface area contributed by atoms with Crippen molar-refractivity contribution in [3.8, 4) is 5.75 Å². The number of ketones is 1. The third-order valence-corrected chi connectivity index (χ3v) is 7.75. The molecule has 9 heteroatoms. The number of Topliss-reactive ketones (excluding diaryl/α,β-unsaturated/α-hetero) is 1. The average Bonchev–Trinajstić information content (AvgIpc) is 3.38. The highest BCUT2D eigenvalue weighted by molar-refractivity contribution is 6.35. The molecule has 0 spiro atoms. The van der Waals surface area contributed by atoms with Gasteiger partial charge in [0.2, 0.25) is 5.82 Å². The Bertz CT molecular complexity index is 1680. The first-order chi connectivity index (χ1) is 21.0. The zero-order chi connectivity index (χ0) is 32.0. The second-order valence-corrected chi connectivity index (χ2v) is 11.3. The van der Waals surface area contributed by atoms with Gasteiger partial charge in [-0.3, -0.25) is 9.79 Å². The largest absolute Gasteiger partial charge is 0.494 e. The molecule has 0 radical (unpaired) electrons. The number of carbonyl (C=O) groups is 1. The molecule has 0 saturated heterocycles. The van der Waals surface area contributed by atoms with E-state index in [1.54, 1.807) is 24.3 Å². The first-order valence-electron chi connectivity index (χ1n) is 14.3. The van der Waals surface area contributed by atoms with Crippen molar-refractivity contribution in [3.63, 3.8) is 0 Å². The van der Waals surface area contributed by atoms with Crippen molar-refractivity contribution in [3.05, 3.63) is 112 Å². The van der Waals surface area contributed by atoms with E-state index >= 15 is 0 Å². The van der Waals surface area contributed by atoms with Gasteiger partial charge in [0, 0.05) is 52.0 Å². The van der Waals surface area contributed by atoms with Crippen LogP contribution in [0.15, 0.2) is 89.3 Å². The van der Waals surface area contributed by atoms with Gasteiger partial charge in [0.15, 0.2) is 17.3 Å². The molecule has 3 N–H and O–H groups in total. The molecule has 0 amide bonds. The Balaban J connectivity index is 1.46. The number of methoxy groups -OCH3 is 1. The number of rotatable bonds is 12. The van der Waals surface area contributed by atoms with Crippen LogP contribution in [0.1, 0.15) is 56.0 Å². The lowest BCUT2D eigenvalue weighted by molar-refractivity contribution is 0.0999. The lowest BCUT2D eigenvalue weighted by atomic mass is 9.93. The van der Waals surface area contributed by atoms with Crippen LogP contribution >= 0.6 is 11.6 Å². The number of nitrogens with one attached hydrogen (secondary N) is 3. The molecule has 6 nitrogen and oxygen atoms in total. The fraction of sp³-hybridized carbons (Fsp3) is 0.257. The molecule has 0 aromatic heterocycles. The van der Waals surface area contributed by atoms with E-state index in [4.69, 9.17) is 27.2 Å². The van der Waals surface area contributed by atoms with Crippen molar-refractivity contribution in [2.24, 2.45) is 16.8 Å². The van der Waals surface area contributed by atoms with Crippen molar-refractivity contribution in [1.82, 2.24) is 0 Å². The zero-order valence-corrected chi connectivity index (χ0v) is 25.9. The Hall–Kier alpha value is -4.43. The summed E-state index contributed by atoms with van der Waals surface area (Å²) in [5.74, 6) is -2.52. The summed E-state index contributed by atoms with van der Waals surface area (Å²) in [6.07, 6.45) is 13.8. The van der Waals surface area contributed by atoms with Crippen LogP contribution in [0.2, 0.25) is 5.02 Å². The summed E-state index contributed by atoms with van der Waals surface area (Å²) in [7, 11) is 1.28. The summed E-state index contributed by atoms with van der Waals surface area (Å²) in [6.45, 7) is 5.79. The van der Waals surface area contributed by atoms with Crippen LogP contribution < -0.4 is 10.1 Å². The molecular weight excluding hydrogens is 582 g/mol. The number of allylic oxidation sites excluding steroid dienone is 8. The third-order valence-electron chi connectivity index (χ3n) is 7.44. The van der Waals surface area contributed by atoms with Crippen LogP contribution in [-0.2, 0) is 0 Å². The number of carbonyl (C=O) groups excluding carboxylic acids is 1. The molecule has 0 unspecified atom stereocenters. The maximum absolute atomic E-state index is 15.0. The number of ether oxygens (including phenoxy) is 1. The zero-order valence-electron chi connectivity index (χ0n) is 25.1. The predicted molar refractivity (Wildman–Crippen MR) is 175 cm³/mol. The lowest BCUT2D eigenvalue weighted by Crippen LogP contribution is -2.16. The molecular formula is C35H35ClF2N4O2. The van der Waals surface area contributed by atoms with Gasteiger partial charge in [-0.25, -0.2) is 4.39 Å². The van der Waals surface area contributed by atoms with E-state index < -0.39 is 11.6 Å². The Kier molecular flexibility index (Phi) is 10.6. The fourth-order valence-corrected chi connectivity index (χ4v) is 4.96. The predicted octanol–water partition coefficient (Wildman–Crippen LogP) is 9.16. The minimum Gasteiger partial charge on any atom is -0.494 e. The van der Waals surface area contributed by atoms with Gasteiger partial charge in [-0.2, -0.15) is 4.39 Å². The molecule has 0 saturated carbocycles. The van der Waals surface area contributed by atoms with Crippen LogP contribution in [0.25, 0.3) is 5.57 Å². The second kappa shape index (κ2) is 14.4. The molecule has 1 aliphatic carbocycles. The maximum atomic E-state index is 15.0. The van der Waals surface area contributed by atoms with Crippen molar-refractivity contribution in [1.29, 1.82) is 10.8 Å². The Morgan fingerprint density at radius 2 is 1.91 bits per heavy atom. The van der Waals surface area contributed by atoms with Crippen LogP contribution in [0.5, 0.6) is 5.75 Å². The van der Waals surface area contributed by atoms with E-state index in [2.05, 4.69) is 10.3 Å². The number of halogens is 3. The Morgan fingerprint density at radius 1 is 1.14 bits per heavy atom. The molecule has 4 rings (SSSR count). The number of benzene rings is 2. The van der Waals surface area contributed by atoms with Gasteiger partial charge in [-0.1, -0.05) is 62.8 Å². The van der Waals surface area contributed by atoms with E-state index in [1.165, 1.54) is 25.4 Å². The first-order valence-corrected chi connectivity index (χ1v) is 14.7. The Labute approximate surface area is 261 Å². The van der Waals surface area contributed by atoms with Crippen molar-refractivity contribution in [2.45, 2.75) is 40.0 Å². The van der Waals surface area contributed by atoms with Gasteiger partial charge in [-0.15, -0.1) is 0 Å². The third kappa shape index (κ3) is 7.37. The second-order valence-electron chi connectivity index (χ2n) is 10.9. The smallest absolute Gasteiger partial charge is 0.201 e. The van der Waals surface area contributed by atoms with Gasteiger partial charge in [-0.05, 0) is 61.1 Å². The average molecular weight is 617 g/mol. The minimum atomic E-state index is -1.07. The highest BCUT2D eigenvalue weighted by Gasteiger charge is 2.27. The van der Waals surface area contributed by atoms with Crippen molar-refractivity contribution < 1.29 is 18.3 Å². The first kappa shape index (κ1) is 32.5. The number of hydrogen-bond donors (Lipinski definition) is 3. The summed E-state index contributed by atoms with van der Waals surface area (Å²) in [4.78, 5) is 17.6. The van der Waals surface area contributed by atoms with Crippen molar-refractivity contribution in [2.75, 3.05) is 12.4 Å². The summed E-state index contributed by atoms with van der Waals surface area (Å²) < 4.78 is 34.4. The number of hydrogen-bond acceptors (Lipinski definition) is 6. The molecule has 1 aliphatic heterocycles. The molecule has 0 bridgehead atoms. The number of nitrogens with zero attached hydrogens (tertiary/aromatic N) is 1. The normalized spacial score (nSPS) is 18.2. The quantitative estimate of drug-likeness (QED) is 0.164. The van der Waals surface area contributed by atoms with Crippen LogP contribution in [0.4, 0.5) is 14.5 Å². The standard InChI is InChI=1S/C35H35ClF2N4O2/c1-20(2)28(39)11-8-9-21(3)29(40)18-31(43)25-14-13-22(17-27(25)36)42-30-12-7-5-6-10-24-26(19-41-35(24)30)23-15-16-32(44-4)34(38)33(23)37/h5-6,8,10-17,19-21,39-40,42H,7,9,18H2,1-4H3/b6-5-,11-8+,24-10-,30-12-,39-28?,40-29?/t21-/m0/s1. The molecule has 1 atom stereocenters. The van der Waals surface area contributed by atoms with Crippen LogP contribution in [0, 0.1) is 34.3 Å². The van der Waals surface area contributed by atoms with Gasteiger partial charge < -0.3 is 20.9 Å². The highest BCUT2D eigenvalue weighted by atomic mass is 35.5. The summed E-state index contributed by atoms with van der Waals surface area (Å²) in [5, 5.41) is 19.9. The maximum Gasteiger partial charge on any atom is 0.201 e. The van der Waals surface area contributed by atoms with E-state index in [9.17, 15) is 13.6 Å². The molecule has 1 heterocycles. The summed E-state index contributed by atoms with van der Waals surface area (Å²) >= 11 is 6.55. The van der Waals surface area contributed by atoms with Crippen molar-refractivity contribution >= 4 is 45.8 Å². The number of fused-ring (bicyclic) bond motifs is 1. The molecule has 228 valence electrons. The number of aliphatic imine (C=N–C) groups is 1. The number of anilines is 1. The topological polar surface area (TPSA) is 98.4 Å². The minimum absolute atomic E-state index is 0.0530. The Morgan fingerprint density at radius 3 is 2.61 bits per heavy atom. The molecule has 2 aromatic carbocycles. The molecule has 0 fully saturated rings. The molecule has 44 heavy (non-hydrogen) atoms. The monoisotopic (exact) mass is 616 g/mol. The van der Waals surface area contributed by atoms with E-state index in [0.717, 1.165) is 0 Å².